The van der Waals surface area contributed by atoms with Gasteiger partial charge in [0.05, 0.1) is 0 Å². The molecule has 3 fully saturated rings. The van der Waals surface area contributed by atoms with Crippen molar-refractivity contribution in [1.29, 1.82) is 0 Å². The molecule has 19 heavy (non-hydrogen) atoms. The summed E-state index contributed by atoms with van der Waals surface area (Å²) >= 11 is 0. The van der Waals surface area contributed by atoms with Crippen molar-refractivity contribution >= 4 is 0 Å². The van der Waals surface area contributed by atoms with Gasteiger partial charge in [-0.3, -0.25) is 0 Å². The first-order valence-electron chi connectivity index (χ1n) is 8.65. The van der Waals surface area contributed by atoms with Gasteiger partial charge >= 0.3 is 0 Å². The molecule has 0 spiro atoms. The molecule has 0 heterocycles. The Morgan fingerprint density at radius 1 is 1.16 bits per heavy atom. The van der Waals surface area contributed by atoms with E-state index in [-0.39, 0.29) is 0 Å². The molecule has 4 aliphatic rings. The summed E-state index contributed by atoms with van der Waals surface area (Å²) in [6.45, 7) is 3.24. The van der Waals surface area contributed by atoms with Gasteiger partial charge in [-0.25, -0.2) is 0 Å². The minimum atomic E-state index is 0.356. The minimum absolute atomic E-state index is 0.356. The Bertz CT molecular complexity index is 334. The molecule has 1 nitrogen and oxygen atoms in total. The van der Waals surface area contributed by atoms with E-state index in [4.69, 9.17) is 5.73 Å². The molecule has 0 saturated heterocycles. The monoisotopic (exact) mass is 261 g/mol. The zero-order chi connectivity index (χ0) is 13.3. The molecular formula is C18H31N. The third kappa shape index (κ3) is 2.63. The summed E-state index contributed by atoms with van der Waals surface area (Å²) in [5.74, 6) is 3.06. The predicted molar refractivity (Wildman–Crippen MR) is 81.9 cm³/mol. The van der Waals surface area contributed by atoms with Crippen LogP contribution in [0.2, 0.25) is 0 Å². The highest BCUT2D eigenvalue weighted by molar-refractivity contribution is 5.17. The Morgan fingerprint density at radius 3 is 2.68 bits per heavy atom. The second kappa shape index (κ2) is 5.60. The molecule has 0 aliphatic heterocycles. The molecule has 0 aromatic rings. The van der Waals surface area contributed by atoms with E-state index in [1.54, 1.807) is 5.57 Å². The lowest BCUT2D eigenvalue weighted by molar-refractivity contribution is 0.0918. The predicted octanol–water partition coefficient (Wildman–Crippen LogP) is 4.67. The van der Waals surface area contributed by atoms with E-state index >= 15 is 0 Å². The summed E-state index contributed by atoms with van der Waals surface area (Å²) < 4.78 is 0. The van der Waals surface area contributed by atoms with Gasteiger partial charge < -0.3 is 5.73 Å². The molecule has 2 atom stereocenters. The molecule has 3 saturated carbocycles. The van der Waals surface area contributed by atoms with Crippen molar-refractivity contribution < 1.29 is 0 Å². The number of rotatable bonds is 2. The summed E-state index contributed by atoms with van der Waals surface area (Å²) in [6.07, 6.45) is 16.7. The molecule has 1 heteroatoms. The van der Waals surface area contributed by atoms with Gasteiger partial charge in [-0.05, 0) is 75.5 Å². The number of hydrogen-bond donors (Lipinski definition) is 1. The van der Waals surface area contributed by atoms with E-state index in [1.807, 2.05) is 0 Å². The van der Waals surface area contributed by atoms with Gasteiger partial charge in [0.1, 0.15) is 0 Å². The second-order valence-corrected chi connectivity index (χ2v) is 7.55. The van der Waals surface area contributed by atoms with E-state index in [0.717, 1.165) is 24.3 Å². The number of hydrogen-bond acceptors (Lipinski definition) is 1. The lowest BCUT2D eigenvalue weighted by Crippen LogP contribution is -2.39. The Morgan fingerprint density at radius 2 is 1.95 bits per heavy atom. The maximum absolute atomic E-state index is 6.27. The van der Waals surface area contributed by atoms with Crippen LogP contribution in [0.3, 0.4) is 0 Å². The molecular weight excluding hydrogens is 230 g/mol. The summed E-state index contributed by atoms with van der Waals surface area (Å²) in [7, 11) is 0. The first-order chi connectivity index (χ1) is 9.25. The molecule has 0 radical (unpaired) electrons. The van der Waals surface area contributed by atoms with Crippen molar-refractivity contribution in [3.63, 3.8) is 0 Å². The highest BCUT2D eigenvalue weighted by atomic mass is 14.6. The molecule has 4 bridgehead atoms. The Hall–Kier alpha value is -0.300. The van der Waals surface area contributed by atoms with Crippen molar-refractivity contribution in [2.75, 3.05) is 6.54 Å². The standard InChI is InChI=1S/C18H31N/c1-2-18(13-19)12-16-10-15(11-16)9-14-5-3-4-6-17(18)8-7-14/h6,14-16H,2-5,7-13,19H2,1H3. The van der Waals surface area contributed by atoms with Gasteiger partial charge in [0, 0.05) is 12.0 Å². The van der Waals surface area contributed by atoms with Crippen LogP contribution in [-0.4, -0.2) is 6.54 Å². The highest BCUT2D eigenvalue weighted by Gasteiger charge is 2.40. The fourth-order valence-corrected chi connectivity index (χ4v) is 5.12. The van der Waals surface area contributed by atoms with Crippen molar-refractivity contribution in [1.82, 2.24) is 0 Å². The molecule has 2 unspecified atom stereocenters. The van der Waals surface area contributed by atoms with E-state index in [9.17, 15) is 0 Å². The largest absolute Gasteiger partial charge is 0.330 e. The number of allylic oxidation sites excluding steroid dienone is 1. The van der Waals surface area contributed by atoms with Gasteiger partial charge in [0.15, 0.2) is 0 Å². The van der Waals surface area contributed by atoms with Crippen molar-refractivity contribution in [3.8, 4) is 0 Å². The molecule has 4 aliphatic carbocycles. The van der Waals surface area contributed by atoms with Gasteiger partial charge in [0.25, 0.3) is 0 Å². The first-order valence-corrected chi connectivity index (χ1v) is 8.65. The first kappa shape index (κ1) is 13.7. The normalized spacial score (nSPS) is 42.8. The zero-order valence-corrected chi connectivity index (χ0v) is 12.7. The van der Waals surface area contributed by atoms with Gasteiger partial charge in [-0.2, -0.15) is 0 Å². The van der Waals surface area contributed by atoms with Crippen LogP contribution < -0.4 is 5.73 Å². The average molecular weight is 261 g/mol. The Labute approximate surface area is 119 Å². The van der Waals surface area contributed by atoms with Crippen LogP contribution in [0.25, 0.3) is 0 Å². The molecule has 0 aromatic heterocycles. The molecule has 108 valence electrons. The van der Waals surface area contributed by atoms with Crippen molar-refractivity contribution in [2.24, 2.45) is 28.9 Å². The molecule has 2 N–H and O–H groups in total. The zero-order valence-electron chi connectivity index (χ0n) is 12.7. The summed E-state index contributed by atoms with van der Waals surface area (Å²) in [6, 6.07) is 0. The maximum atomic E-state index is 6.27. The third-order valence-corrected chi connectivity index (χ3v) is 6.46. The van der Waals surface area contributed by atoms with E-state index in [1.165, 1.54) is 64.2 Å². The molecule has 0 aromatic carbocycles. The summed E-state index contributed by atoms with van der Waals surface area (Å²) in [4.78, 5) is 0. The maximum Gasteiger partial charge on any atom is 0.00345 e. The fraction of sp³-hybridized carbons (Fsp3) is 0.889. The Kier molecular flexibility index (Phi) is 4.03. The topological polar surface area (TPSA) is 26.0 Å². The quantitative estimate of drug-likeness (QED) is 0.718. The van der Waals surface area contributed by atoms with E-state index in [2.05, 4.69) is 13.0 Å². The van der Waals surface area contributed by atoms with Crippen LogP contribution in [-0.2, 0) is 0 Å². The number of fused-ring (bicyclic) bond motifs is 1. The van der Waals surface area contributed by atoms with E-state index < -0.39 is 0 Å². The van der Waals surface area contributed by atoms with Gasteiger partial charge in [-0.15, -0.1) is 0 Å². The van der Waals surface area contributed by atoms with Crippen LogP contribution in [0.1, 0.15) is 71.1 Å². The third-order valence-electron chi connectivity index (χ3n) is 6.46. The van der Waals surface area contributed by atoms with Gasteiger partial charge in [-0.1, -0.05) is 25.0 Å². The van der Waals surface area contributed by atoms with Crippen LogP contribution >= 0.6 is 0 Å². The second-order valence-electron chi connectivity index (χ2n) is 7.55. The van der Waals surface area contributed by atoms with E-state index in [0.29, 0.717) is 5.41 Å². The minimum Gasteiger partial charge on any atom is -0.330 e. The smallest absolute Gasteiger partial charge is 0.00345 e. The van der Waals surface area contributed by atoms with Crippen LogP contribution in [0.15, 0.2) is 11.6 Å². The summed E-state index contributed by atoms with van der Waals surface area (Å²) in [5.41, 5.74) is 8.37. The lowest BCUT2D eigenvalue weighted by atomic mass is 9.59. The SMILES string of the molecule is CCC1(CN)CC2CC(CC3CCCC=C1CC3)C2. The highest BCUT2D eigenvalue weighted by Crippen LogP contribution is 2.51. The van der Waals surface area contributed by atoms with Crippen molar-refractivity contribution in [2.45, 2.75) is 71.1 Å². The lowest BCUT2D eigenvalue weighted by Gasteiger charge is -2.47. The van der Waals surface area contributed by atoms with Gasteiger partial charge in [0.2, 0.25) is 0 Å². The Balaban J connectivity index is 1.89. The molecule has 0 amide bonds. The van der Waals surface area contributed by atoms with Crippen molar-refractivity contribution in [3.05, 3.63) is 11.6 Å². The van der Waals surface area contributed by atoms with Crippen LogP contribution in [0.5, 0.6) is 0 Å². The fourth-order valence-electron chi connectivity index (χ4n) is 5.12. The average Bonchev–Trinajstić information content (AvgIpc) is 2.35. The summed E-state index contributed by atoms with van der Waals surface area (Å²) in [5, 5.41) is 0. The number of nitrogens with two attached hydrogens (primary N) is 1. The van der Waals surface area contributed by atoms with Crippen LogP contribution in [0, 0.1) is 23.2 Å². The molecule has 4 rings (SSSR count). The van der Waals surface area contributed by atoms with Crippen LogP contribution in [0.4, 0.5) is 0 Å².